The Morgan fingerprint density at radius 3 is 2.58 bits per heavy atom. The molecule has 5 nitrogen and oxygen atoms in total. The van der Waals surface area contributed by atoms with E-state index in [1.54, 1.807) is 6.33 Å². The van der Waals surface area contributed by atoms with Gasteiger partial charge in [-0.25, -0.2) is 9.97 Å². The van der Waals surface area contributed by atoms with Crippen LogP contribution < -0.4 is 16.4 Å². The number of nitrogens with zero attached hydrogens (tertiary/aromatic N) is 2. The van der Waals surface area contributed by atoms with Crippen molar-refractivity contribution in [3.8, 4) is 0 Å². The van der Waals surface area contributed by atoms with Gasteiger partial charge in [-0.1, -0.05) is 25.7 Å². The molecule has 0 aliphatic heterocycles. The quantitative estimate of drug-likeness (QED) is 0.711. The molecule has 106 valence electrons. The summed E-state index contributed by atoms with van der Waals surface area (Å²) in [7, 11) is 0. The van der Waals surface area contributed by atoms with E-state index in [2.05, 4.69) is 20.6 Å². The average molecular weight is 263 g/mol. The highest BCUT2D eigenvalue weighted by Crippen LogP contribution is 2.21. The van der Waals surface area contributed by atoms with E-state index in [-0.39, 0.29) is 6.04 Å². The van der Waals surface area contributed by atoms with Crippen LogP contribution in [0, 0.1) is 0 Å². The van der Waals surface area contributed by atoms with E-state index in [1.165, 1.54) is 38.5 Å². The van der Waals surface area contributed by atoms with E-state index in [4.69, 9.17) is 5.73 Å². The van der Waals surface area contributed by atoms with Crippen LogP contribution in [0.25, 0.3) is 0 Å². The van der Waals surface area contributed by atoms with Crippen LogP contribution >= 0.6 is 0 Å². The molecule has 0 amide bonds. The molecule has 1 unspecified atom stereocenters. The van der Waals surface area contributed by atoms with Crippen molar-refractivity contribution >= 4 is 11.6 Å². The first-order valence-electron chi connectivity index (χ1n) is 7.33. The highest BCUT2D eigenvalue weighted by Gasteiger charge is 2.12. The monoisotopic (exact) mass is 263 g/mol. The topological polar surface area (TPSA) is 75.9 Å². The molecule has 1 heterocycles. The molecule has 5 heteroatoms. The highest BCUT2D eigenvalue weighted by atomic mass is 15.1. The molecule has 4 N–H and O–H groups in total. The van der Waals surface area contributed by atoms with Crippen LogP contribution in [-0.2, 0) is 0 Å². The standard InChI is InChI=1S/C14H25N5/c1-11(9-15)18-13-8-14(17-10-16-13)19-12-6-4-2-3-5-7-12/h8,10-12H,2-7,9,15H2,1H3,(H2,16,17,18,19). The van der Waals surface area contributed by atoms with Gasteiger partial charge >= 0.3 is 0 Å². The van der Waals surface area contributed by atoms with E-state index in [1.807, 2.05) is 13.0 Å². The Hall–Kier alpha value is -1.36. The molecular formula is C14H25N5. The maximum absolute atomic E-state index is 5.60. The van der Waals surface area contributed by atoms with Crippen LogP contribution in [0.4, 0.5) is 11.6 Å². The third kappa shape index (κ3) is 4.67. The van der Waals surface area contributed by atoms with E-state index in [0.29, 0.717) is 12.6 Å². The molecule has 1 atom stereocenters. The zero-order valence-electron chi connectivity index (χ0n) is 11.7. The molecule has 0 aromatic carbocycles. The van der Waals surface area contributed by atoms with E-state index in [0.717, 1.165) is 11.6 Å². The third-order valence-electron chi connectivity index (χ3n) is 3.62. The number of nitrogens with one attached hydrogen (secondary N) is 2. The Bertz CT molecular complexity index is 374. The lowest BCUT2D eigenvalue weighted by atomic mass is 10.1. The van der Waals surface area contributed by atoms with E-state index in [9.17, 15) is 0 Å². The summed E-state index contributed by atoms with van der Waals surface area (Å²) in [6.07, 6.45) is 9.45. The number of hydrogen-bond acceptors (Lipinski definition) is 5. The largest absolute Gasteiger partial charge is 0.367 e. The molecule has 2 rings (SSSR count). The van der Waals surface area contributed by atoms with E-state index < -0.39 is 0 Å². The first kappa shape index (κ1) is 14.1. The predicted octanol–water partition coefficient (Wildman–Crippen LogP) is 2.37. The zero-order valence-corrected chi connectivity index (χ0v) is 11.7. The summed E-state index contributed by atoms with van der Waals surface area (Å²) in [5.74, 6) is 1.75. The van der Waals surface area contributed by atoms with Crippen molar-refractivity contribution in [2.24, 2.45) is 5.73 Å². The van der Waals surface area contributed by atoms with Gasteiger partial charge in [-0.15, -0.1) is 0 Å². The van der Waals surface area contributed by atoms with Gasteiger partial charge in [-0.2, -0.15) is 0 Å². The summed E-state index contributed by atoms with van der Waals surface area (Å²) in [4.78, 5) is 8.52. The lowest BCUT2D eigenvalue weighted by Crippen LogP contribution is -2.26. The van der Waals surface area contributed by atoms with Crippen molar-refractivity contribution in [2.45, 2.75) is 57.5 Å². The second kappa shape index (κ2) is 7.28. The number of hydrogen-bond donors (Lipinski definition) is 3. The van der Waals surface area contributed by atoms with Crippen molar-refractivity contribution in [2.75, 3.05) is 17.2 Å². The first-order chi connectivity index (χ1) is 9.28. The molecule has 0 bridgehead atoms. The maximum Gasteiger partial charge on any atom is 0.131 e. The van der Waals surface area contributed by atoms with Gasteiger partial charge in [0.1, 0.15) is 18.0 Å². The molecule has 1 aromatic rings. The normalized spacial score (nSPS) is 18.6. The fourth-order valence-corrected chi connectivity index (χ4v) is 2.46. The minimum absolute atomic E-state index is 0.223. The Balaban J connectivity index is 1.93. The van der Waals surface area contributed by atoms with Crippen LogP contribution in [0.15, 0.2) is 12.4 Å². The smallest absolute Gasteiger partial charge is 0.131 e. The molecule has 0 radical (unpaired) electrons. The van der Waals surface area contributed by atoms with Gasteiger partial charge in [0, 0.05) is 24.7 Å². The van der Waals surface area contributed by atoms with Crippen molar-refractivity contribution in [1.29, 1.82) is 0 Å². The fraction of sp³-hybridized carbons (Fsp3) is 0.714. The third-order valence-corrected chi connectivity index (χ3v) is 3.62. The lowest BCUT2D eigenvalue weighted by molar-refractivity contribution is 0.617. The highest BCUT2D eigenvalue weighted by molar-refractivity contribution is 5.47. The Labute approximate surface area is 115 Å². The minimum atomic E-state index is 0.223. The van der Waals surface area contributed by atoms with E-state index >= 15 is 0 Å². The van der Waals surface area contributed by atoms with Crippen LogP contribution in [0.3, 0.4) is 0 Å². The van der Waals surface area contributed by atoms with Gasteiger partial charge in [-0.05, 0) is 19.8 Å². The second-order valence-corrected chi connectivity index (χ2v) is 5.40. The molecule has 1 fully saturated rings. The number of nitrogens with two attached hydrogens (primary N) is 1. The lowest BCUT2D eigenvalue weighted by Gasteiger charge is -2.18. The van der Waals surface area contributed by atoms with Gasteiger partial charge in [-0.3, -0.25) is 0 Å². The fourth-order valence-electron chi connectivity index (χ4n) is 2.46. The van der Waals surface area contributed by atoms with Gasteiger partial charge in [0.05, 0.1) is 0 Å². The maximum atomic E-state index is 5.60. The molecule has 19 heavy (non-hydrogen) atoms. The van der Waals surface area contributed by atoms with Gasteiger partial charge in [0.2, 0.25) is 0 Å². The number of aromatic nitrogens is 2. The van der Waals surface area contributed by atoms with Crippen molar-refractivity contribution in [3.63, 3.8) is 0 Å². The summed E-state index contributed by atoms with van der Waals surface area (Å²) in [6, 6.07) is 2.75. The molecule has 0 saturated heterocycles. The Morgan fingerprint density at radius 2 is 1.89 bits per heavy atom. The Morgan fingerprint density at radius 1 is 1.21 bits per heavy atom. The molecular weight excluding hydrogens is 238 g/mol. The van der Waals surface area contributed by atoms with Crippen LogP contribution in [0.1, 0.15) is 45.4 Å². The Kier molecular flexibility index (Phi) is 5.39. The molecule has 1 saturated carbocycles. The van der Waals surface area contributed by atoms with Crippen LogP contribution in [-0.4, -0.2) is 28.6 Å². The molecule has 1 aliphatic carbocycles. The number of anilines is 2. The van der Waals surface area contributed by atoms with Crippen molar-refractivity contribution in [1.82, 2.24) is 9.97 Å². The first-order valence-corrected chi connectivity index (χ1v) is 7.33. The van der Waals surface area contributed by atoms with Crippen molar-refractivity contribution < 1.29 is 0 Å². The van der Waals surface area contributed by atoms with Crippen LogP contribution in [0.5, 0.6) is 0 Å². The van der Waals surface area contributed by atoms with Gasteiger partial charge < -0.3 is 16.4 Å². The average Bonchev–Trinajstić information content (AvgIpc) is 2.67. The second-order valence-electron chi connectivity index (χ2n) is 5.40. The summed E-state index contributed by atoms with van der Waals surface area (Å²) in [5.41, 5.74) is 5.60. The number of rotatable bonds is 5. The summed E-state index contributed by atoms with van der Waals surface area (Å²) in [6.45, 7) is 2.63. The minimum Gasteiger partial charge on any atom is -0.367 e. The van der Waals surface area contributed by atoms with Gasteiger partial charge in [0.15, 0.2) is 0 Å². The van der Waals surface area contributed by atoms with Crippen LogP contribution in [0.2, 0.25) is 0 Å². The van der Waals surface area contributed by atoms with Gasteiger partial charge in [0.25, 0.3) is 0 Å². The summed E-state index contributed by atoms with van der Waals surface area (Å²) < 4.78 is 0. The summed E-state index contributed by atoms with van der Waals surface area (Å²) >= 11 is 0. The molecule has 0 spiro atoms. The zero-order chi connectivity index (χ0) is 13.5. The SMILES string of the molecule is CC(CN)Nc1cc(NC2CCCCCC2)ncn1. The molecule has 1 aliphatic rings. The molecule has 1 aromatic heterocycles. The van der Waals surface area contributed by atoms with Crippen molar-refractivity contribution in [3.05, 3.63) is 12.4 Å². The predicted molar refractivity (Wildman–Crippen MR) is 79.3 cm³/mol. The summed E-state index contributed by atoms with van der Waals surface area (Å²) in [5, 5.41) is 6.80.